The molecule has 2 heterocycles. The van der Waals surface area contributed by atoms with E-state index in [0.29, 0.717) is 12.6 Å². The second-order valence-electron chi connectivity index (χ2n) is 3.66. The lowest BCUT2D eigenvalue weighted by molar-refractivity contribution is 0.243. The molecule has 1 unspecified atom stereocenters. The Balaban J connectivity index is 2.04. The lowest BCUT2D eigenvalue weighted by atomic mass is 10.2. The van der Waals surface area contributed by atoms with E-state index in [0.717, 1.165) is 12.2 Å². The first-order valence-electron chi connectivity index (χ1n) is 5.12. The molecular weight excluding hydrogens is 238 g/mol. The molecule has 0 aliphatic rings. The zero-order valence-electron chi connectivity index (χ0n) is 9.17. The van der Waals surface area contributed by atoms with Crippen molar-refractivity contribution in [2.45, 2.75) is 12.6 Å². The molecule has 3 nitrogen and oxygen atoms in total. The van der Waals surface area contributed by atoms with E-state index in [1.165, 1.54) is 4.88 Å². The van der Waals surface area contributed by atoms with Gasteiger partial charge in [-0.1, -0.05) is 6.07 Å². The molecule has 2 aromatic heterocycles. The molecule has 0 fully saturated rings. The van der Waals surface area contributed by atoms with Crippen LogP contribution in [0, 0.1) is 0 Å². The summed E-state index contributed by atoms with van der Waals surface area (Å²) in [6.45, 7) is 1.49. The summed E-state index contributed by atoms with van der Waals surface area (Å²) in [7, 11) is 2.09. The number of hydrogen-bond acceptors (Lipinski definition) is 5. The number of aromatic nitrogens is 1. The highest BCUT2D eigenvalue weighted by Gasteiger charge is 2.16. The molecule has 0 saturated heterocycles. The Labute approximate surface area is 104 Å². The van der Waals surface area contributed by atoms with Crippen molar-refractivity contribution in [3.63, 3.8) is 0 Å². The van der Waals surface area contributed by atoms with E-state index >= 15 is 0 Å². The summed E-state index contributed by atoms with van der Waals surface area (Å²) < 4.78 is 0. The summed E-state index contributed by atoms with van der Waals surface area (Å²) in [6.07, 6.45) is 0. The zero-order valence-corrected chi connectivity index (χ0v) is 10.8. The first-order valence-corrected chi connectivity index (χ1v) is 6.94. The van der Waals surface area contributed by atoms with Crippen LogP contribution in [0.4, 0.5) is 0 Å². The molecule has 0 aliphatic carbocycles. The minimum absolute atomic E-state index is 0.293. The number of thiophene rings is 1. The standard InChI is InChI=1S/C11H15N3S2/c1-14(6-9-7-15-8-13-9)10(5-12)11-3-2-4-16-11/h2-4,7-8,10H,5-6,12H2,1H3. The van der Waals surface area contributed by atoms with Crippen molar-refractivity contribution >= 4 is 22.7 Å². The number of likely N-dealkylation sites (N-methyl/N-ethyl adjacent to an activating group) is 1. The number of nitrogens with two attached hydrogens (primary N) is 1. The zero-order chi connectivity index (χ0) is 11.4. The molecule has 2 N–H and O–H groups in total. The predicted molar refractivity (Wildman–Crippen MR) is 69.7 cm³/mol. The fourth-order valence-corrected chi connectivity index (χ4v) is 3.13. The fraction of sp³-hybridized carbons (Fsp3) is 0.364. The van der Waals surface area contributed by atoms with Crippen LogP contribution in [-0.2, 0) is 6.54 Å². The molecule has 0 aromatic carbocycles. The second kappa shape index (κ2) is 5.54. The van der Waals surface area contributed by atoms with Crippen molar-refractivity contribution in [2.75, 3.05) is 13.6 Å². The lowest BCUT2D eigenvalue weighted by Gasteiger charge is -2.25. The monoisotopic (exact) mass is 253 g/mol. The molecule has 0 aliphatic heterocycles. The van der Waals surface area contributed by atoms with E-state index in [4.69, 9.17) is 5.73 Å². The molecule has 1 atom stereocenters. The topological polar surface area (TPSA) is 42.2 Å². The lowest BCUT2D eigenvalue weighted by Crippen LogP contribution is -2.29. The van der Waals surface area contributed by atoms with Crippen LogP contribution in [0.3, 0.4) is 0 Å². The molecule has 0 radical (unpaired) electrons. The van der Waals surface area contributed by atoms with Crippen molar-refractivity contribution in [1.82, 2.24) is 9.88 Å². The van der Waals surface area contributed by atoms with Crippen LogP contribution in [0.1, 0.15) is 16.6 Å². The third kappa shape index (κ3) is 2.68. The Morgan fingerprint density at radius 3 is 3.00 bits per heavy atom. The maximum absolute atomic E-state index is 5.84. The molecule has 0 amide bonds. The van der Waals surface area contributed by atoms with Gasteiger partial charge in [-0.25, -0.2) is 4.98 Å². The van der Waals surface area contributed by atoms with Crippen molar-refractivity contribution in [3.05, 3.63) is 39.0 Å². The molecule has 0 saturated carbocycles. The van der Waals surface area contributed by atoms with E-state index in [1.54, 1.807) is 22.7 Å². The first-order chi connectivity index (χ1) is 7.81. The molecule has 86 valence electrons. The maximum atomic E-state index is 5.84. The van der Waals surface area contributed by atoms with Gasteiger partial charge >= 0.3 is 0 Å². The van der Waals surface area contributed by atoms with Gasteiger partial charge in [0.1, 0.15) is 0 Å². The van der Waals surface area contributed by atoms with Gasteiger partial charge < -0.3 is 5.73 Å². The predicted octanol–water partition coefficient (Wildman–Crippen LogP) is 2.34. The van der Waals surface area contributed by atoms with Crippen LogP contribution in [-0.4, -0.2) is 23.5 Å². The van der Waals surface area contributed by atoms with E-state index in [1.807, 2.05) is 5.51 Å². The smallest absolute Gasteiger partial charge is 0.0795 e. The fourth-order valence-electron chi connectivity index (χ4n) is 1.68. The van der Waals surface area contributed by atoms with E-state index < -0.39 is 0 Å². The molecular formula is C11H15N3S2. The van der Waals surface area contributed by atoms with Gasteiger partial charge in [-0.2, -0.15) is 0 Å². The number of thiazole rings is 1. The Morgan fingerprint density at radius 1 is 1.56 bits per heavy atom. The van der Waals surface area contributed by atoms with E-state index in [9.17, 15) is 0 Å². The van der Waals surface area contributed by atoms with Crippen molar-refractivity contribution in [3.8, 4) is 0 Å². The number of hydrogen-bond donors (Lipinski definition) is 1. The van der Waals surface area contributed by atoms with Gasteiger partial charge in [-0.05, 0) is 18.5 Å². The van der Waals surface area contributed by atoms with E-state index in [-0.39, 0.29) is 0 Å². The number of rotatable bonds is 5. The molecule has 2 rings (SSSR count). The van der Waals surface area contributed by atoms with Gasteiger partial charge in [0.05, 0.1) is 17.2 Å². The van der Waals surface area contributed by atoms with Gasteiger partial charge in [0.15, 0.2) is 0 Å². The molecule has 0 spiro atoms. The Bertz CT molecular complexity index is 397. The maximum Gasteiger partial charge on any atom is 0.0795 e. The van der Waals surface area contributed by atoms with Crippen molar-refractivity contribution in [2.24, 2.45) is 5.73 Å². The summed E-state index contributed by atoms with van der Waals surface area (Å²) in [5.41, 5.74) is 8.82. The molecule has 2 aromatic rings. The van der Waals surface area contributed by atoms with Crippen molar-refractivity contribution in [1.29, 1.82) is 0 Å². The normalized spacial score (nSPS) is 13.2. The highest BCUT2D eigenvalue weighted by molar-refractivity contribution is 7.10. The molecule has 5 heteroatoms. The van der Waals surface area contributed by atoms with Gasteiger partial charge in [0, 0.05) is 23.3 Å². The minimum Gasteiger partial charge on any atom is -0.329 e. The summed E-state index contributed by atoms with van der Waals surface area (Å²) in [5.74, 6) is 0. The second-order valence-corrected chi connectivity index (χ2v) is 5.36. The summed E-state index contributed by atoms with van der Waals surface area (Å²) in [5, 5.41) is 4.17. The Hall–Kier alpha value is -0.750. The highest BCUT2D eigenvalue weighted by Crippen LogP contribution is 2.24. The molecule has 16 heavy (non-hydrogen) atoms. The van der Waals surface area contributed by atoms with Crippen LogP contribution >= 0.6 is 22.7 Å². The number of nitrogens with zero attached hydrogens (tertiary/aromatic N) is 2. The average Bonchev–Trinajstić information content (AvgIpc) is 2.91. The SMILES string of the molecule is CN(Cc1cscn1)C(CN)c1cccs1. The summed E-state index contributed by atoms with van der Waals surface area (Å²) >= 11 is 3.39. The van der Waals surface area contributed by atoms with Crippen LogP contribution in [0.5, 0.6) is 0 Å². The highest BCUT2D eigenvalue weighted by atomic mass is 32.1. The molecule has 0 bridgehead atoms. The average molecular weight is 253 g/mol. The quantitative estimate of drug-likeness (QED) is 0.889. The van der Waals surface area contributed by atoms with Gasteiger partial charge in [0.2, 0.25) is 0 Å². The Morgan fingerprint density at radius 2 is 2.44 bits per heavy atom. The first kappa shape index (κ1) is 11.7. The van der Waals surface area contributed by atoms with Gasteiger partial charge in [-0.3, -0.25) is 4.90 Å². The Kier molecular flexibility index (Phi) is 4.06. The van der Waals surface area contributed by atoms with Crippen molar-refractivity contribution < 1.29 is 0 Å². The van der Waals surface area contributed by atoms with Crippen LogP contribution in [0.2, 0.25) is 0 Å². The third-order valence-electron chi connectivity index (χ3n) is 2.52. The van der Waals surface area contributed by atoms with Gasteiger partial charge in [0.25, 0.3) is 0 Å². The largest absolute Gasteiger partial charge is 0.329 e. The van der Waals surface area contributed by atoms with Crippen LogP contribution in [0.25, 0.3) is 0 Å². The summed E-state index contributed by atoms with van der Waals surface area (Å²) in [6, 6.07) is 4.50. The van der Waals surface area contributed by atoms with Gasteiger partial charge in [-0.15, -0.1) is 22.7 Å². The minimum atomic E-state index is 0.293. The van der Waals surface area contributed by atoms with Crippen LogP contribution in [0.15, 0.2) is 28.4 Å². The third-order valence-corrected chi connectivity index (χ3v) is 4.13. The van der Waals surface area contributed by atoms with E-state index in [2.05, 4.69) is 39.8 Å². The summed E-state index contributed by atoms with van der Waals surface area (Å²) in [4.78, 5) is 7.86. The van der Waals surface area contributed by atoms with Crippen LogP contribution < -0.4 is 5.73 Å².